The number of ether oxygens (including phenoxy) is 2. The Balaban J connectivity index is 2.03. The van der Waals surface area contributed by atoms with Gasteiger partial charge in [0.2, 0.25) is 0 Å². The van der Waals surface area contributed by atoms with E-state index in [-0.39, 0.29) is 18.2 Å². The maximum Gasteiger partial charge on any atom is 0.305 e. The summed E-state index contributed by atoms with van der Waals surface area (Å²) in [4.78, 5) is 11.0. The van der Waals surface area contributed by atoms with Crippen LogP contribution in [0.15, 0.2) is 60.8 Å². The molecule has 1 saturated heterocycles. The van der Waals surface area contributed by atoms with Gasteiger partial charge < -0.3 is 9.47 Å². The first kappa shape index (κ1) is 20.2. The van der Waals surface area contributed by atoms with Gasteiger partial charge in [-0.25, -0.2) is 0 Å². The van der Waals surface area contributed by atoms with Crippen molar-refractivity contribution in [3.05, 3.63) is 60.8 Å². The molecule has 3 heteroatoms. The highest BCUT2D eigenvalue weighted by Crippen LogP contribution is 2.28. The Morgan fingerprint density at radius 2 is 1.71 bits per heavy atom. The van der Waals surface area contributed by atoms with Gasteiger partial charge in [0.25, 0.3) is 0 Å². The van der Waals surface area contributed by atoms with Crippen molar-refractivity contribution in [2.45, 2.75) is 57.7 Å². The molecule has 2 atom stereocenters. The quantitative estimate of drug-likeness (QED) is 0.217. The highest BCUT2D eigenvalue weighted by Gasteiger charge is 2.35. The zero-order chi connectivity index (χ0) is 17.5. The van der Waals surface area contributed by atoms with Gasteiger partial charge in [0, 0.05) is 6.42 Å². The molecular weight excluding hydrogens is 300 g/mol. The molecular formula is C21H30O3. The minimum absolute atomic E-state index is 0.148. The number of esters is 1. The molecule has 0 aromatic rings. The highest BCUT2D eigenvalue weighted by atomic mass is 16.6. The highest BCUT2D eigenvalue weighted by molar-refractivity contribution is 5.68. The van der Waals surface area contributed by atoms with Crippen molar-refractivity contribution in [3.63, 3.8) is 0 Å². The maximum atomic E-state index is 11.0. The lowest BCUT2D eigenvalue weighted by molar-refractivity contribution is -0.140. The first-order valence-corrected chi connectivity index (χ1v) is 8.80. The van der Waals surface area contributed by atoms with Gasteiger partial charge in [0.1, 0.15) is 6.10 Å². The van der Waals surface area contributed by atoms with Crippen molar-refractivity contribution >= 4 is 5.97 Å². The first-order valence-electron chi connectivity index (χ1n) is 8.80. The van der Waals surface area contributed by atoms with Crippen LogP contribution in [0.25, 0.3) is 0 Å². The van der Waals surface area contributed by atoms with Crippen LogP contribution in [-0.4, -0.2) is 25.3 Å². The predicted molar refractivity (Wildman–Crippen MR) is 99.8 cm³/mol. The van der Waals surface area contributed by atoms with Gasteiger partial charge in [-0.3, -0.25) is 4.79 Å². The van der Waals surface area contributed by atoms with Crippen LogP contribution in [0.4, 0.5) is 0 Å². The SMILES string of the molecule is CC/C=C\C/C=C\C\C=C/C=C/C=C/[C@@H]1O[C@H]1CCCC(=O)OC. The number of carbonyl (C=O) groups excluding carboxylic acids is 1. The lowest BCUT2D eigenvalue weighted by atomic mass is 10.1. The van der Waals surface area contributed by atoms with Gasteiger partial charge in [-0.15, -0.1) is 0 Å². The fraction of sp³-hybridized carbons (Fsp3) is 0.476. The zero-order valence-corrected chi connectivity index (χ0v) is 14.9. The van der Waals surface area contributed by atoms with E-state index in [1.54, 1.807) is 0 Å². The van der Waals surface area contributed by atoms with Crippen LogP contribution in [-0.2, 0) is 14.3 Å². The fourth-order valence-electron chi connectivity index (χ4n) is 2.18. The summed E-state index contributed by atoms with van der Waals surface area (Å²) < 4.78 is 10.1. The number of epoxide rings is 1. The Morgan fingerprint density at radius 1 is 1.00 bits per heavy atom. The molecule has 132 valence electrons. The van der Waals surface area contributed by atoms with E-state index in [0.717, 1.165) is 32.1 Å². The smallest absolute Gasteiger partial charge is 0.305 e. The van der Waals surface area contributed by atoms with Crippen molar-refractivity contribution in [1.29, 1.82) is 0 Å². The standard InChI is InChI=1S/C21H30O3/c1-3-4-5-6-7-8-9-10-11-12-13-14-16-19-20(24-19)17-15-18-21(22)23-2/h4-5,7-8,10-14,16,19-20H,3,6,9,15,17-18H2,1-2H3/b5-4-,8-7-,11-10-,13-12+,16-14+/t19-,20-/m0/s1. The molecule has 0 aromatic heterocycles. The summed E-state index contributed by atoms with van der Waals surface area (Å²) in [5.74, 6) is -0.148. The second kappa shape index (κ2) is 13.6. The summed E-state index contributed by atoms with van der Waals surface area (Å²) in [6, 6.07) is 0. The van der Waals surface area contributed by atoms with Gasteiger partial charge in [0.05, 0.1) is 13.2 Å². The van der Waals surface area contributed by atoms with Crippen LogP contribution in [0.5, 0.6) is 0 Å². The summed E-state index contributed by atoms with van der Waals surface area (Å²) in [5, 5.41) is 0. The molecule has 0 amide bonds. The fourth-order valence-corrected chi connectivity index (χ4v) is 2.18. The molecule has 3 nitrogen and oxygen atoms in total. The Kier molecular flexibility index (Phi) is 11.4. The Hall–Kier alpha value is -1.87. The van der Waals surface area contributed by atoms with E-state index in [0.29, 0.717) is 6.42 Å². The van der Waals surface area contributed by atoms with E-state index in [2.05, 4.69) is 54.2 Å². The van der Waals surface area contributed by atoms with Gasteiger partial charge in [0.15, 0.2) is 0 Å². The van der Waals surface area contributed by atoms with Crippen molar-refractivity contribution < 1.29 is 14.3 Å². The van der Waals surface area contributed by atoms with Crippen LogP contribution >= 0.6 is 0 Å². The van der Waals surface area contributed by atoms with Crippen LogP contribution < -0.4 is 0 Å². The summed E-state index contributed by atoms with van der Waals surface area (Å²) in [6.07, 6.45) is 26.8. The van der Waals surface area contributed by atoms with E-state index in [9.17, 15) is 4.79 Å². The van der Waals surface area contributed by atoms with Crippen molar-refractivity contribution in [2.75, 3.05) is 7.11 Å². The summed E-state index contributed by atoms with van der Waals surface area (Å²) in [5.41, 5.74) is 0. The lowest BCUT2D eigenvalue weighted by Crippen LogP contribution is -2.01. The number of allylic oxidation sites excluding steroid dienone is 9. The molecule has 1 aliphatic rings. The number of methoxy groups -OCH3 is 1. The molecule has 1 heterocycles. The molecule has 1 fully saturated rings. The number of hydrogen-bond donors (Lipinski definition) is 0. The average molecular weight is 330 g/mol. The van der Waals surface area contributed by atoms with Crippen molar-refractivity contribution in [1.82, 2.24) is 0 Å². The van der Waals surface area contributed by atoms with Crippen LogP contribution in [0.2, 0.25) is 0 Å². The second-order valence-corrected chi connectivity index (χ2v) is 5.63. The molecule has 0 spiro atoms. The maximum absolute atomic E-state index is 11.0. The lowest BCUT2D eigenvalue weighted by Gasteiger charge is -1.96. The monoisotopic (exact) mass is 330 g/mol. The molecule has 0 aliphatic carbocycles. The molecule has 1 aliphatic heterocycles. The first-order chi connectivity index (χ1) is 11.8. The van der Waals surface area contributed by atoms with E-state index >= 15 is 0 Å². The number of carbonyl (C=O) groups is 1. The Labute approximate surface area is 146 Å². The molecule has 0 N–H and O–H groups in total. The molecule has 0 bridgehead atoms. The van der Waals surface area contributed by atoms with Gasteiger partial charge in [-0.1, -0.05) is 67.7 Å². The molecule has 0 aromatic carbocycles. The minimum Gasteiger partial charge on any atom is -0.469 e. The van der Waals surface area contributed by atoms with Gasteiger partial charge >= 0.3 is 5.97 Å². The molecule has 1 rings (SSSR count). The average Bonchev–Trinajstić information content (AvgIpc) is 3.34. The Morgan fingerprint density at radius 3 is 2.46 bits per heavy atom. The third-order valence-corrected chi connectivity index (χ3v) is 3.60. The largest absolute Gasteiger partial charge is 0.469 e. The molecule has 0 radical (unpaired) electrons. The second-order valence-electron chi connectivity index (χ2n) is 5.63. The normalized spacial score (nSPS) is 21.1. The van der Waals surface area contributed by atoms with Gasteiger partial charge in [-0.2, -0.15) is 0 Å². The van der Waals surface area contributed by atoms with E-state index in [1.807, 2.05) is 18.2 Å². The predicted octanol–water partition coefficient (Wildman–Crippen LogP) is 5.07. The van der Waals surface area contributed by atoms with Crippen molar-refractivity contribution in [2.24, 2.45) is 0 Å². The molecule has 0 unspecified atom stereocenters. The zero-order valence-electron chi connectivity index (χ0n) is 14.9. The number of hydrogen-bond acceptors (Lipinski definition) is 3. The topological polar surface area (TPSA) is 38.8 Å². The molecule has 24 heavy (non-hydrogen) atoms. The summed E-state index contributed by atoms with van der Waals surface area (Å²) >= 11 is 0. The van der Waals surface area contributed by atoms with E-state index < -0.39 is 0 Å². The Bertz CT molecular complexity index is 483. The third-order valence-electron chi connectivity index (χ3n) is 3.60. The summed E-state index contributed by atoms with van der Waals surface area (Å²) in [6.45, 7) is 2.14. The molecule has 0 saturated carbocycles. The van der Waals surface area contributed by atoms with Crippen LogP contribution in [0.1, 0.15) is 45.4 Å². The minimum atomic E-state index is -0.148. The van der Waals surface area contributed by atoms with E-state index in [4.69, 9.17) is 4.74 Å². The third kappa shape index (κ3) is 10.8. The number of rotatable bonds is 12. The van der Waals surface area contributed by atoms with Crippen LogP contribution in [0, 0.1) is 0 Å². The van der Waals surface area contributed by atoms with Gasteiger partial charge in [-0.05, 0) is 32.1 Å². The van der Waals surface area contributed by atoms with Crippen LogP contribution in [0.3, 0.4) is 0 Å². The van der Waals surface area contributed by atoms with E-state index in [1.165, 1.54) is 7.11 Å². The summed E-state index contributed by atoms with van der Waals surface area (Å²) in [7, 11) is 1.42. The van der Waals surface area contributed by atoms with Crippen molar-refractivity contribution in [3.8, 4) is 0 Å².